The average molecular weight is 274 g/mol. The molecule has 20 heavy (non-hydrogen) atoms. The highest BCUT2D eigenvalue weighted by Gasteiger charge is 2.39. The topological polar surface area (TPSA) is 38.5 Å². The maximum atomic E-state index is 6.14. The van der Waals surface area contributed by atoms with Crippen LogP contribution in [0.3, 0.4) is 0 Å². The highest BCUT2D eigenvalue weighted by molar-refractivity contribution is 5.25. The Balaban J connectivity index is 1.77. The van der Waals surface area contributed by atoms with Crippen LogP contribution in [0.5, 0.6) is 0 Å². The third-order valence-corrected chi connectivity index (χ3v) is 5.07. The molecule has 2 aliphatic rings. The molecule has 2 N–H and O–H groups in total. The van der Waals surface area contributed by atoms with Gasteiger partial charge < -0.3 is 10.5 Å². The van der Waals surface area contributed by atoms with Crippen LogP contribution < -0.4 is 5.73 Å². The molecule has 0 radical (unpaired) electrons. The fraction of sp³-hybridized carbons (Fsp3) is 0.647. The second-order valence-electron chi connectivity index (χ2n) is 6.51. The monoisotopic (exact) mass is 274 g/mol. The number of fused-ring (bicyclic) bond motifs is 1. The fourth-order valence-electron chi connectivity index (χ4n) is 3.76. The fourth-order valence-corrected chi connectivity index (χ4v) is 3.76. The minimum absolute atomic E-state index is 0.0335. The predicted octanol–water partition coefficient (Wildman–Crippen LogP) is 2.16. The summed E-state index contributed by atoms with van der Waals surface area (Å²) in [5.74, 6) is 0. The Kier molecular flexibility index (Phi) is 4.11. The van der Waals surface area contributed by atoms with Gasteiger partial charge in [0.1, 0.15) is 0 Å². The molecular formula is C17H26N2O. The lowest BCUT2D eigenvalue weighted by molar-refractivity contribution is -0.0613. The number of benzene rings is 1. The van der Waals surface area contributed by atoms with Crippen LogP contribution in [-0.2, 0) is 10.2 Å². The van der Waals surface area contributed by atoms with Crippen LogP contribution >= 0.6 is 0 Å². The van der Waals surface area contributed by atoms with E-state index in [-0.39, 0.29) is 5.41 Å². The van der Waals surface area contributed by atoms with Crippen LogP contribution in [-0.4, -0.2) is 43.3 Å². The molecule has 1 heterocycles. The summed E-state index contributed by atoms with van der Waals surface area (Å²) in [6, 6.07) is 11.3. The van der Waals surface area contributed by atoms with Crippen molar-refractivity contribution in [1.29, 1.82) is 0 Å². The molecule has 0 bridgehead atoms. The van der Waals surface area contributed by atoms with Crippen molar-refractivity contribution in [2.75, 3.05) is 26.2 Å². The van der Waals surface area contributed by atoms with Gasteiger partial charge in [-0.15, -0.1) is 0 Å². The number of rotatable bonds is 4. The molecule has 110 valence electrons. The molecule has 1 saturated carbocycles. The van der Waals surface area contributed by atoms with Gasteiger partial charge in [-0.25, -0.2) is 0 Å². The van der Waals surface area contributed by atoms with Crippen molar-refractivity contribution >= 4 is 0 Å². The summed E-state index contributed by atoms with van der Waals surface area (Å²) in [5.41, 5.74) is 7.52. The normalized spacial score (nSPS) is 29.9. The van der Waals surface area contributed by atoms with E-state index in [0.717, 1.165) is 19.7 Å². The van der Waals surface area contributed by atoms with Gasteiger partial charge in [-0.2, -0.15) is 0 Å². The average Bonchev–Trinajstić information content (AvgIpc) is 2.98. The molecule has 1 aliphatic carbocycles. The number of morpholine rings is 1. The van der Waals surface area contributed by atoms with Crippen molar-refractivity contribution in [3.8, 4) is 0 Å². The molecule has 3 heteroatoms. The number of ether oxygens (including phenoxy) is 1. The van der Waals surface area contributed by atoms with E-state index in [1.807, 2.05) is 0 Å². The highest BCUT2D eigenvalue weighted by Crippen LogP contribution is 2.33. The zero-order valence-electron chi connectivity index (χ0n) is 12.4. The van der Waals surface area contributed by atoms with E-state index in [1.165, 1.54) is 24.8 Å². The lowest BCUT2D eigenvalue weighted by Crippen LogP contribution is -2.54. The van der Waals surface area contributed by atoms with Gasteiger partial charge in [-0.05, 0) is 24.8 Å². The lowest BCUT2D eigenvalue weighted by atomic mass is 9.81. The molecular weight excluding hydrogens is 248 g/mol. The highest BCUT2D eigenvalue weighted by atomic mass is 16.5. The zero-order valence-corrected chi connectivity index (χ0v) is 12.4. The van der Waals surface area contributed by atoms with E-state index < -0.39 is 0 Å². The van der Waals surface area contributed by atoms with Crippen molar-refractivity contribution in [3.63, 3.8) is 0 Å². The molecule has 0 amide bonds. The summed E-state index contributed by atoms with van der Waals surface area (Å²) in [6.45, 7) is 5.94. The van der Waals surface area contributed by atoms with Gasteiger partial charge in [0, 0.05) is 31.1 Å². The summed E-state index contributed by atoms with van der Waals surface area (Å²) in [4.78, 5) is 2.63. The third-order valence-electron chi connectivity index (χ3n) is 5.07. The van der Waals surface area contributed by atoms with Crippen molar-refractivity contribution < 1.29 is 4.74 Å². The molecule has 0 aromatic heterocycles. The van der Waals surface area contributed by atoms with E-state index in [9.17, 15) is 0 Å². The molecule has 3 rings (SSSR count). The Morgan fingerprint density at radius 1 is 1.30 bits per heavy atom. The van der Waals surface area contributed by atoms with E-state index in [1.54, 1.807) is 0 Å². The first-order valence-electron chi connectivity index (χ1n) is 7.84. The second kappa shape index (κ2) is 5.84. The minimum atomic E-state index is 0.0335. The van der Waals surface area contributed by atoms with E-state index in [0.29, 0.717) is 18.7 Å². The number of nitrogens with two attached hydrogens (primary N) is 1. The maximum absolute atomic E-state index is 6.14. The summed E-state index contributed by atoms with van der Waals surface area (Å²) in [6.07, 6.45) is 4.27. The van der Waals surface area contributed by atoms with Gasteiger partial charge >= 0.3 is 0 Å². The third kappa shape index (κ3) is 2.62. The molecule has 1 aromatic rings. The van der Waals surface area contributed by atoms with Crippen LogP contribution in [0.4, 0.5) is 0 Å². The van der Waals surface area contributed by atoms with Gasteiger partial charge in [-0.1, -0.05) is 37.3 Å². The summed E-state index contributed by atoms with van der Waals surface area (Å²) >= 11 is 0. The predicted molar refractivity (Wildman–Crippen MR) is 81.8 cm³/mol. The van der Waals surface area contributed by atoms with Crippen LogP contribution in [0.25, 0.3) is 0 Å². The van der Waals surface area contributed by atoms with Gasteiger partial charge in [-0.3, -0.25) is 4.90 Å². The maximum Gasteiger partial charge on any atom is 0.0730 e. The van der Waals surface area contributed by atoms with E-state index in [2.05, 4.69) is 42.2 Å². The Morgan fingerprint density at radius 2 is 2.10 bits per heavy atom. The molecule has 0 spiro atoms. The quantitative estimate of drug-likeness (QED) is 0.914. The molecule has 2 fully saturated rings. The Hall–Kier alpha value is -0.900. The van der Waals surface area contributed by atoms with Crippen LogP contribution in [0.2, 0.25) is 0 Å². The number of hydrogen-bond donors (Lipinski definition) is 1. The van der Waals surface area contributed by atoms with Crippen LogP contribution in [0.15, 0.2) is 30.3 Å². The molecule has 1 aliphatic heterocycles. The SMILES string of the molecule is CC(CN)(CN1CCOC2CCCC21)c1ccccc1. The minimum Gasteiger partial charge on any atom is -0.375 e. The summed E-state index contributed by atoms with van der Waals surface area (Å²) in [5, 5.41) is 0. The van der Waals surface area contributed by atoms with Gasteiger partial charge in [0.2, 0.25) is 0 Å². The van der Waals surface area contributed by atoms with E-state index >= 15 is 0 Å². The first-order chi connectivity index (χ1) is 9.73. The Bertz CT molecular complexity index is 436. The van der Waals surface area contributed by atoms with Crippen molar-refractivity contribution in [2.24, 2.45) is 5.73 Å². The lowest BCUT2D eigenvalue weighted by Gasteiger charge is -2.43. The van der Waals surface area contributed by atoms with Crippen molar-refractivity contribution in [1.82, 2.24) is 4.90 Å². The van der Waals surface area contributed by atoms with Crippen molar-refractivity contribution in [2.45, 2.75) is 43.7 Å². The molecule has 3 atom stereocenters. The van der Waals surface area contributed by atoms with Crippen molar-refractivity contribution in [3.05, 3.63) is 35.9 Å². The van der Waals surface area contributed by atoms with Gasteiger partial charge in [0.25, 0.3) is 0 Å². The second-order valence-corrected chi connectivity index (χ2v) is 6.51. The smallest absolute Gasteiger partial charge is 0.0730 e. The molecule has 3 unspecified atom stereocenters. The van der Waals surface area contributed by atoms with Crippen LogP contribution in [0.1, 0.15) is 31.7 Å². The largest absolute Gasteiger partial charge is 0.375 e. The Labute approximate surface area is 122 Å². The summed E-state index contributed by atoms with van der Waals surface area (Å²) in [7, 11) is 0. The molecule has 1 aromatic carbocycles. The molecule has 1 saturated heterocycles. The van der Waals surface area contributed by atoms with E-state index in [4.69, 9.17) is 10.5 Å². The first-order valence-corrected chi connectivity index (χ1v) is 7.84. The zero-order chi connectivity index (χ0) is 14.0. The van der Waals surface area contributed by atoms with Crippen LogP contribution in [0, 0.1) is 0 Å². The first kappa shape index (κ1) is 14.1. The number of hydrogen-bond acceptors (Lipinski definition) is 3. The Morgan fingerprint density at radius 3 is 2.85 bits per heavy atom. The molecule has 3 nitrogen and oxygen atoms in total. The van der Waals surface area contributed by atoms with Gasteiger partial charge in [0.05, 0.1) is 12.7 Å². The van der Waals surface area contributed by atoms with Gasteiger partial charge in [0.15, 0.2) is 0 Å². The number of nitrogens with zero attached hydrogens (tertiary/aromatic N) is 1. The standard InChI is InChI=1S/C17H26N2O/c1-17(12-18,14-6-3-2-4-7-14)13-19-10-11-20-16-9-5-8-15(16)19/h2-4,6-7,15-16H,5,8-13,18H2,1H3. The summed E-state index contributed by atoms with van der Waals surface area (Å²) < 4.78 is 5.91.